The topological polar surface area (TPSA) is 70.7 Å². The fourth-order valence-electron chi connectivity index (χ4n) is 5.66. The molecule has 5 rings (SSSR count). The number of carbonyl (C=O) groups excluding carboxylic acids is 2. The normalized spacial score (nSPS) is 14.3. The van der Waals surface area contributed by atoms with Gasteiger partial charge in [-0.2, -0.15) is 0 Å². The van der Waals surface area contributed by atoms with Gasteiger partial charge < -0.3 is 20.3 Å². The Hall–Kier alpha value is -4.58. The molecule has 1 aliphatic heterocycles. The number of benzene rings is 4. The molecule has 6 heteroatoms. The summed E-state index contributed by atoms with van der Waals surface area (Å²) in [6, 6.07) is 35.4. The maximum absolute atomic E-state index is 13.2. The summed E-state index contributed by atoms with van der Waals surface area (Å²) < 4.78 is 5.89. The van der Waals surface area contributed by atoms with Crippen LogP contribution in [0.15, 0.2) is 109 Å². The number of hydrogen-bond donors (Lipinski definition) is 2. The Morgan fingerprint density at radius 3 is 2.10 bits per heavy atom. The van der Waals surface area contributed by atoms with Gasteiger partial charge in [0.05, 0.1) is 5.92 Å². The first-order chi connectivity index (χ1) is 20.5. The predicted molar refractivity (Wildman–Crippen MR) is 169 cm³/mol. The molecule has 4 aromatic rings. The molecular formula is C36H39N3O3. The Labute approximate surface area is 248 Å². The molecule has 216 valence electrons. The largest absolute Gasteiger partial charge is 0.489 e. The van der Waals surface area contributed by atoms with Crippen LogP contribution in [0.5, 0.6) is 5.75 Å². The lowest BCUT2D eigenvalue weighted by Gasteiger charge is -2.37. The number of para-hydroxylation sites is 1. The van der Waals surface area contributed by atoms with Crippen LogP contribution in [0.1, 0.15) is 54.1 Å². The highest BCUT2D eigenvalue weighted by molar-refractivity contribution is 6.05. The fourth-order valence-corrected chi connectivity index (χ4v) is 5.66. The molecule has 0 saturated carbocycles. The van der Waals surface area contributed by atoms with E-state index in [0.717, 1.165) is 54.2 Å². The molecule has 1 aliphatic rings. The van der Waals surface area contributed by atoms with Crippen molar-refractivity contribution in [3.63, 3.8) is 0 Å². The molecule has 1 saturated heterocycles. The van der Waals surface area contributed by atoms with Crippen LogP contribution >= 0.6 is 0 Å². The van der Waals surface area contributed by atoms with Gasteiger partial charge >= 0.3 is 0 Å². The van der Waals surface area contributed by atoms with E-state index in [0.29, 0.717) is 12.2 Å². The van der Waals surface area contributed by atoms with Crippen molar-refractivity contribution in [3.8, 4) is 5.75 Å². The Kier molecular flexibility index (Phi) is 9.55. The van der Waals surface area contributed by atoms with Gasteiger partial charge in [-0.15, -0.1) is 0 Å². The molecule has 0 aliphatic carbocycles. The lowest BCUT2D eigenvalue weighted by molar-refractivity contribution is -0.124. The van der Waals surface area contributed by atoms with Crippen molar-refractivity contribution in [3.05, 3.63) is 126 Å². The number of amides is 2. The van der Waals surface area contributed by atoms with Crippen LogP contribution in [0.4, 0.5) is 11.4 Å². The molecule has 42 heavy (non-hydrogen) atoms. The Bertz CT molecular complexity index is 1450. The smallest absolute Gasteiger partial charge is 0.256 e. The zero-order valence-corrected chi connectivity index (χ0v) is 24.3. The number of nitrogens with one attached hydrogen (secondary N) is 2. The average molecular weight is 562 g/mol. The molecule has 1 unspecified atom stereocenters. The third-order valence-corrected chi connectivity index (χ3v) is 7.77. The molecule has 1 atom stereocenters. The van der Waals surface area contributed by atoms with Crippen molar-refractivity contribution in [2.24, 2.45) is 5.92 Å². The number of rotatable bonds is 10. The standard InChI is InChI=1S/C36H39N3O3/c1-26(2)37-36(41)34(27-11-5-3-6-12-27)28-21-23-39(24-22-28)31-19-17-30(18-20-31)38-35(40)33-16-10-9-13-29(33)25-42-32-14-7-4-8-15-32/h3-20,26,28,34H,21-25H2,1-2H3,(H,37,41)(H,38,40). The molecule has 1 heterocycles. The molecule has 0 bridgehead atoms. The molecule has 4 aromatic carbocycles. The van der Waals surface area contributed by atoms with Gasteiger partial charge in [0.2, 0.25) is 5.91 Å². The van der Waals surface area contributed by atoms with Crippen LogP contribution in [-0.2, 0) is 11.4 Å². The van der Waals surface area contributed by atoms with Crippen LogP contribution in [0.25, 0.3) is 0 Å². The van der Waals surface area contributed by atoms with E-state index < -0.39 is 0 Å². The highest BCUT2D eigenvalue weighted by Crippen LogP contribution is 2.35. The van der Waals surface area contributed by atoms with Gasteiger partial charge in [-0.3, -0.25) is 9.59 Å². The molecule has 0 radical (unpaired) electrons. The van der Waals surface area contributed by atoms with Crippen molar-refractivity contribution >= 4 is 23.2 Å². The minimum Gasteiger partial charge on any atom is -0.489 e. The Morgan fingerprint density at radius 2 is 1.43 bits per heavy atom. The summed E-state index contributed by atoms with van der Waals surface area (Å²) in [6.45, 7) is 6.08. The second kappa shape index (κ2) is 13.9. The molecule has 0 spiro atoms. The minimum atomic E-state index is -0.164. The zero-order valence-electron chi connectivity index (χ0n) is 24.3. The van der Waals surface area contributed by atoms with Crippen LogP contribution in [0.3, 0.4) is 0 Å². The number of anilines is 2. The molecule has 2 amide bonds. The minimum absolute atomic E-state index is 0.110. The van der Waals surface area contributed by atoms with Gasteiger partial charge in [0.25, 0.3) is 5.91 Å². The lowest BCUT2D eigenvalue weighted by Crippen LogP contribution is -2.42. The monoisotopic (exact) mass is 561 g/mol. The van der Waals surface area contributed by atoms with Crippen LogP contribution in [-0.4, -0.2) is 30.9 Å². The summed E-state index contributed by atoms with van der Waals surface area (Å²) in [5.74, 6) is 0.855. The first-order valence-corrected chi connectivity index (χ1v) is 14.8. The van der Waals surface area contributed by atoms with E-state index in [1.807, 2.05) is 98.8 Å². The van der Waals surface area contributed by atoms with Gasteiger partial charge in [-0.25, -0.2) is 0 Å². The SMILES string of the molecule is CC(C)NC(=O)C(c1ccccc1)C1CCN(c2ccc(NC(=O)c3ccccc3COc3ccccc3)cc2)CC1. The number of carbonyl (C=O) groups is 2. The predicted octanol–water partition coefficient (Wildman–Crippen LogP) is 7.04. The van der Waals surface area contributed by atoms with Crippen LogP contribution in [0.2, 0.25) is 0 Å². The number of piperidine rings is 1. The van der Waals surface area contributed by atoms with E-state index in [4.69, 9.17) is 4.74 Å². The van der Waals surface area contributed by atoms with Gasteiger partial charge in [0.1, 0.15) is 12.4 Å². The number of hydrogen-bond acceptors (Lipinski definition) is 4. The number of ether oxygens (including phenoxy) is 1. The Balaban J connectivity index is 1.19. The van der Waals surface area contributed by atoms with E-state index in [2.05, 4.69) is 39.8 Å². The zero-order chi connectivity index (χ0) is 29.3. The quantitative estimate of drug-likeness (QED) is 0.218. The maximum atomic E-state index is 13.2. The lowest BCUT2D eigenvalue weighted by atomic mass is 9.79. The van der Waals surface area contributed by atoms with Crippen LogP contribution in [0, 0.1) is 5.92 Å². The number of nitrogens with zero attached hydrogens (tertiary/aromatic N) is 1. The second-order valence-corrected chi connectivity index (χ2v) is 11.1. The third kappa shape index (κ3) is 7.38. The molecule has 2 N–H and O–H groups in total. The van der Waals surface area contributed by atoms with E-state index in [9.17, 15) is 9.59 Å². The van der Waals surface area contributed by atoms with Gasteiger partial charge in [0.15, 0.2) is 0 Å². The highest BCUT2D eigenvalue weighted by Gasteiger charge is 2.33. The van der Waals surface area contributed by atoms with Crippen molar-refractivity contribution in [2.75, 3.05) is 23.3 Å². The van der Waals surface area contributed by atoms with Crippen molar-refractivity contribution in [1.29, 1.82) is 0 Å². The maximum Gasteiger partial charge on any atom is 0.256 e. The van der Waals surface area contributed by atoms with Crippen molar-refractivity contribution in [1.82, 2.24) is 5.32 Å². The molecule has 0 aromatic heterocycles. The van der Waals surface area contributed by atoms with Gasteiger partial charge in [-0.1, -0.05) is 66.7 Å². The summed E-state index contributed by atoms with van der Waals surface area (Å²) in [5.41, 5.74) is 4.36. The van der Waals surface area contributed by atoms with Gasteiger partial charge in [-0.05, 0) is 80.6 Å². The molecule has 6 nitrogen and oxygen atoms in total. The first-order valence-electron chi connectivity index (χ1n) is 14.8. The summed E-state index contributed by atoms with van der Waals surface area (Å²) in [7, 11) is 0. The summed E-state index contributed by atoms with van der Waals surface area (Å²) >= 11 is 0. The molecular weight excluding hydrogens is 522 g/mol. The van der Waals surface area contributed by atoms with E-state index >= 15 is 0 Å². The van der Waals surface area contributed by atoms with E-state index in [-0.39, 0.29) is 29.7 Å². The average Bonchev–Trinajstić information content (AvgIpc) is 3.02. The van der Waals surface area contributed by atoms with E-state index in [1.54, 1.807) is 0 Å². The van der Waals surface area contributed by atoms with E-state index in [1.165, 1.54) is 0 Å². The van der Waals surface area contributed by atoms with Crippen molar-refractivity contribution < 1.29 is 14.3 Å². The molecule has 1 fully saturated rings. The second-order valence-electron chi connectivity index (χ2n) is 11.1. The van der Waals surface area contributed by atoms with Crippen molar-refractivity contribution in [2.45, 2.75) is 45.3 Å². The Morgan fingerprint density at radius 1 is 0.810 bits per heavy atom. The summed E-state index contributed by atoms with van der Waals surface area (Å²) in [6.07, 6.45) is 1.87. The highest BCUT2D eigenvalue weighted by atomic mass is 16.5. The first kappa shape index (κ1) is 28.9. The summed E-state index contributed by atoms with van der Waals surface area (Å²) in [4.78, 5) is 28.7. The third-order valence-electron chi connectivity index (χ3n) is 7.77. The van der Waals surface area contributed by atoms with Crippen LogP contribution < -0.4 is 20.3 Å². The summed E-state index contributed by atoms with van der Waals surface area (Å²) in [5, 5.41) is 6.18. The van der Waals surface area contributed by atoms with Gasteiger partial charge in [0, 0.05) is 41.6 Å². The fraction of sp³-hybridized carbons (Fsp3) is 0.278.